The Hall–Kier alpha value is -2.31. The summed E-state index contributed by atoms with van der Waals surface area (Å²) in [5, 5.41) is 13.2. The normalized spacial score (nSPS) is 25.7. The maximum Gasteiger partial charge on any atom is 0.291 e. The van der Waals surface area contributed by atoms with Gasteiger partial charge in [-0.15, -0.1) is 0 Å². The Morgan fingerprint density at radius 2 is 2.38 bits per heavy atom. The summed E-state index contributed by atoms with van der Waals surface area (Å²) in [7, 11) is 1.46. The van der Waals surface area contributed by atoms with E-state index in [2.05, 4.69) is 15.3 Å². The third-order valence-corrected chi connectivity index (χ3v) is 2.33. The van der Waals surface area contributed by atoms with Crippen LogP contribution in [0.5, 0.6) is 0 Å². The lowest BCUT2D eigenvalue weighted by Crippen LogP contribution is -2.36. The number of nitro groups is 1. The van der Waals surface area contributed by atoms with Crippen LogP contribution in [0.2, 0.25) is 0 Å². The van der Waals surface area contributed by atoms with E-state index in [1.165, 1.54) is 25.5 Å². The van der Waals surface area contributed by atoms with Gasteiger partial charge >= 0.3 is 0 Å². The number of carbonyl (C=O) groups is 1. The molecular formula is C9H8N4O3. The number of aliphatic imine (C=N–C) groups is 2. The smallest absolute Gasteiger partial charge is 0.291 e. The van der Waals surface area contributed by atoms with Gasteiger partial charge in [0.15, 0.2) is 0 Å². The van der Waals surface area contributed by atoms with Gasteiger partial charge in [-0.1, -0.05) is 0 Å². The molecule has 82 valence electrons. The first kappa shape index (κ1) is 10.2. The van der Waals surface area contributed by atoms with E-state index >= 15 is 0 Å². The molecule has 0 spiro atoms. The second kappa shape index (κ2) is 3.69. The molecule has 0 bridgehead atoms. The van der Waals surface area contributed by atoms with Gasteiger partial charge in [0, 0.05) is 13.1 Å². The summed E-state index contributed by atoms with van der Waals surface area (Å²) >= 11 is 0. The summed E-state index contributed by atoms with van der Waals surface area (Å²) in [5.41, 5.74) is 0.529. The van der Waals surface area contributed by atoms with E-state index in [9.17, 15) is 14.9 Å². The molecule has 16 heavy (non-hydrogen) atoms. The van der Waals surface area contributed by atoms with Crippen molar-refractivity contribution in [2.75, 3.05) is 7.05 Å². The minimum atomic E-state index is -0.698. The number of rotatable bonds is 1. The van der Waals surface area contributed by atoms with Gasteiger partial charge in [0.25, 0.3) is 5.70 Å². The fourth-order valence-electron chi connectivity index (χ4n) is 1.55. The Morgan fingerprint density at radius 3 is 3.00 bits per heavy atom. The van der Waals surface area contributed by atoms with Crippen LogP contribution in [0.1, 0.15) is 0 Å². The van der Waals surface area contributed by atoms with Gasteiger partial charge in [-0.3, -0.25) is 19.9 Å². The number of carbonyl (C=O) groups excluding carboxylic acids is 1. The topological polar surface area (TPSA) is 97.0 Å². The molecule has 1 unspecified atom stereocenters. The lowest BCUT2D eigenvalue weighted by atomic mass is 9.94. The van der Waals surface area contributed by atoms with Crippen molar-refractivity contribution in [3.8, 4) is 0 Å². The zero-order chi connectivity index (χ0) is 11.7. The summed E-state index contributed by atoms with van der Waals surface area (Å²) in [4.78, 5) is 29.4. The highest BCUT2D eigenvalue weighted by Gasteiger charge is 2.33. The summed E-state index contributed by atoms with van der Waals surface area (Å²) in [6.07, 6.45) is 3.99. The Morgan fingerprint density at radius 1 is 1.62 bits per heavy atom. The highest BCUT2D eigenvalue weighted by Crippen LogP contribution is 2.25. The van der Waals surface area contributed by atoms with E-state index in [0.717, 1.165) is 0 Å². The maximum absolute atomic E-state index is 11.4. The first-order chi connectivity index (χ1) is 7.63. The molecule has 7 nitrogen and oxygen atoms in total. The lowest BCUT2D eigenvalue weighted by Gasteiger charge is -2.19. The zero-order valence-corrected chi connectivity index (χ0v) is 8.38. The Kier molecular flexibility index (Phi) is 2.35. The van der Waals surface area contributed by atoms with E-state index < -0.39 is 10.8 Å². The number of allylic oxidation sites excluding steroid dienone is 1. The largest absolute Gasteiger partial charge is 0.316 e. The number of hydrogen-bond acceptors (Lipinski definition) is 5. The Bertz CT molecular complexity index is 487. The van der Waals surface area contributed by atoms with E-state index in [1.54, 1.807) is 0 Å². The van der Waals surface area contributed by atoms with Crippen LogP contribution in [0, 0.1) is 16.0 Å². The molecule has 2 aliphatic rings. The number of hydrogen-bond donors (Lipinski definition) is 1. The van der Waals surface area contributed by atoms with Crippen molar-refractivity contribution < 1.29 is 9.72 Å². The van der Waals surface area contributed by atoms with Crippen molar-refractivity contribution in [3.63, 3.8) is 0 Å². The summed E-state index contributed by atoms with van der Waals surface area (Å²) < 4.78 is 0. The molecule has 1 N–H and O–H groups in total. The van der Waals surface area contributed by atoms with E-state index in [1.807, 2.05) is 0 Å². The highest BCUT2D eigenvalue weighted by molar-refractivity contribution is 6.10. The van der Waals surface area contributed by atoms with Crippen LogP contribution in [0.3, 0.4) is 0 Å². The van der Waals surface area contributed by atoms with Crippen LogP contribution in [-0.4, -0.2) is 29.9 Å². The third-order valence-electron chi connectivity index (χ3n) is 2.33. The van der Waals surface area contributed by atoms with Crippen molar-refractivity contribution in [1.82, 2.24) is 5.32 Å². The fraction of sp³-hybridized carbons (Fsp3) is 0.222. The first-order valence-electron chi connectivity index (χ1n) is 4.51. The molecule has 0 radical (unpaired) electrons. The van der Waals surface area contributed by atoms with Gasteiger partial charge < -0.3 is 5.32 Å². The molecule has 1 heterocycles. The van der Waals surface area contributed by atoms with Crippen molar-refractivity contribution >= 4 is 18.0 Å². The van der Waals surface area contributed by atoms with Crippen LogP contribution in [0.25, 0.3) is 0 Å². The van der Waals surface area contributed by atoms with E-state index in [0.29, 0.717) is 5.70 Å². The summed E-state index contributed by atoms with van der Waals surface area (Å²) in [6, 6.07) is 0. The predicted molar refractivity (Wildman–Crippen MR) is 56.6 cm³/mol. The molecule has 1 aliphatic heterocycles. The van der Waals surface area contributed by atoms with Crippen LogP contribution in [0.15, 0.2) is 33.5 Å². The molecule has 2 rings (SSSR count). The molecule has 0 saturated heterocycles. The minimum absolute atomic E-state index is 0.163. The number of fused-ring (bicyclic) bond motifs is 1. The number of nitrogens with one attached hydrogen (secondary N) is 1. The standard InChI is InChI=1S/C9H8N4O3/c1-10-7-3-6-5(2-8(7)13(15)16)9(14)12-4-11-6/h2-5H,1H3,(H,11,12,14). The average molecular weight is 220 g/mol. The second-order valence-corrected chi connectivity index (χ2v) is 3.23. The molecule has 1 amide bonds. The molecule has 7 heteroatoms. The monoisotopic (exact) mass is 220 g/mol. The third kappa shape index (κ3) is 1.52. The number of nitrogens with zero attached hydrogens (tertiary/aromatic N) is 3. The number of amides is 1. The second-order valence-electron chi connectivity index (χ2n) is 3.23. The van der Waals surface area contributed by atoms with Crippen LogP contribution >= 0.6 is 0 Å². The molecule has 0 saturated carbocycles. The minimum Gasteiger partial charge on any atom is -0.316 e. The van der Waals surface area contributed by atoms with Gasteiger partial charge in [-0.2, -0.15) is 0 Å². The molecule has 1 atom stereocenters. The molecule has 0 fully saturated rings. The van der Waals surface area contributed by atoms with E-state index in [4.69, 9.17) is 0 Å². The molecule has 0 aromatic carbocycles. The SMILES string of the molecule is CN=C1C=C2N=CNC(=O)C2C=C1[N+](=O)[O-]. The average Bonchev–Trinajstić information content (AvgIpc) is 2.27. The lowest BCUT2D eigenvalue weighted by molar-refractivity contribution is -0.415. The quantitative estimate of drug-likeness (QED) is 0.493. The molecule has 1 aliphatic carbocycles. The van der Waals surface area contributed by atoms with Gasteiger partial charge in [0.2, 0.25) is 5.91 Å². The van der Waals surface area contributed by atoms with Crippen LogP contribution < -0.4 is 5.32 Å². The molecular weight excluding hydrogens is 212 g/mol. The van der Waals surface area contributed by atoms with Crippen molar-refractivity contribution in [2.24, 2.45) is 15.9 Å². The van der Waals surface area contributed by atoms with Gasteiger partial charge in [0.05, 0.1) is 17.0 Å². The molecule has 0 aromatic rings. The van der Waals surface area contributed by atoms with Crippen molar-refractivity contribution in [3.05, 3.63) is 33.7 Å². The van der Waals surface area contributed by atoms with Gasteiger partial charge in [0.1, 0.15) is 11.6 Å². The molecule has 0 aromatic heterocycles. The van der Waals surface area contributed by atoms with Gasteiger partial charge in [-0.25, -0.2) is 4.99 Å². The predicted octanol–water partition coefficient (Wildman–Crippen LogP) is -0.110. The fourth-order valence-corrected chi connectivity index (χ4v) is 1.55. The highest BCUT2D eigenvalue weighted by atomic mass is 16.6. The zero-order valence-electron chi connectivity index (χ0n) is 8.38. The maximum atomic E-state index is 11.4. The van der Waals surface area contributed by atoms with Crippen molar-refractivity contribution in [2.45, 2.75) is 0 Å². The first-order valence-corrected chi connectivity index (χ1v) is 4.51. The summed E-state index contributed by atoms with van der Waals surface area (Å²) in [5.74, 6) is -1.02. The van der Waals surface area contributed by atoms with Crippen LogP contribution in [-0.2, 0) is 4.79 Å². The van der Waals surface area contributed by atoms with Gasteiger partial charge in [-0.05, 0) is 6.08 Å². The van der Waals surface area contributed by atoms with Crippen LogP contribution in [0.4, 0.5) is 0 Å². The Balaban J connectivity index is 2.50. The summed E-state index contributed by atoms with van der Waals surface area (Å²) in [6.45, 7) is 0. The Labute approximate surface area is 90.4 Å². The van der Waals surface area contributed by atoms with E-state index in [-0.39, 0.29) is 17.3 Å². The van der Waals surface area contributed by atoms with Crippen molar-refractivity contribution in [1.29, 1.82) is 0 Å².